The Bertz CT molecular complexity index is 961. The van der Waals surface area contributed by atoms with Crippen LogP contribution in [0.3, 0.4) is 0 Å². The number of piperidine rings is 1. The summed E-state index contributed by atoms with van der Waals surface area (Å²) >= 11 is 0. The highest BCUT2D eigenvalue weighted by molar-refractivity contribution is 5.80. The first-order chi connectivity index (χ1) is 13.9. The predicted molar refractivity (Wildman–Crippen MR) is 115 cm³/mol. The molecule has 2 aromatic heterocycles. The molecule has 6 nitrogen and oxygen atoms in total. The van der Waals surface area contributed by atoms with Crippen molar-refractivity contribution in [2.24, 2.45) is 18.9 Å². The van der Waals surface area contributed by atoms with Crippen molar-refractivity contribution in [1.82, 2.24) is 20.2 Å². The Morgan fingerprint density at radius 1 is 1.21 bits per heavy atom. The number of amides is 1. The molecule has 1 amide bonds. The smallest absolute Gasteiger partial charge is 0.254 e. The summed E-state index contributed by atoms with van der Waals surface area (Å²) in [7, 11) is 1.84. The second-order valence-electron chi connectivity index (χ2n) is 8.97. The highest BCUT2D eigenvalue weighted by Gasteiger charge is 2.33. The first-order valence-electron chi connectivity index (χ1n) is 10.9. The lowest BCUT2D eigenvalue weighted by atomic mass is 9.74. The van der Waals surface area contributed by atoms with Gasteiger partial charge in [0, 0.05) is 41.8 Å². The molecule has 2 N–H and O–H groups in total. The van der Waals surface area contributed by atoms with Crippen LogP contribution in [0, 0.1) is 18.8 Å². The van der Waals surface area contributed by atoms with E-state index in [2.05, 4.69) is 22.5 Å². The highest BCUT2D eigenvalue weighted by atomic mass is 16.2. The molecule has 2 aromatic rings. The minimum absolute atomic E-state index is 0.0743. The van der Waals surface area contributed by atoms with Crippen molar-refractivity contribution in [2.75, 3.05) is 13.1 Å². The van der Waals surface area contributed by atoms with Gasteiger partial charge >= 0.3 is 0 Å². The first kappa shape index (κ1) is 20.1. The zero-order valence-electron chi connectivity index (χ0n) is 17.7. The van der Waals surface area contributed by atoms with Crippen molar-refractivity contribution in [3.8, 4) is 0 Å². The standard InChI is InChI=1S/C23H32N4O2/c1-14-4-5-18(26-22(28)16-6-8-24-9-7-16)12-19(14)20-11-17-13-25-15(2)10-21(17)27(3)23(20)29/h10-11,13-14,16,18-19,24H,4-9,12H2,1-3H3,(H,26,28). The van der Waals surface area contributed by atoms with Crippen molar-refractivity contribution in [1.29, 1.82) is 0 Å². The Hall–Kier alpha value is -2.21. The Balaban J connectivity index is 1.57. The number of nitrogens with zero attached hydrogens (tertiary/aromatic N) is 2. The van der Waals surface area contributed by atoms with E-state index in [0.717, 1.165) is 67.4 Å². The van der Waals surface area contributed by atoms with E-state index in [-0.39, 0.29) is 29.3 Å². The molecule has 4 rings (SSSR count). The number of hydrogen-bond acceptors (Lipinski definition) is 4. The second-order valence-corrected chi connectivity index (χ2v) is 8.97. The molecule has 156 valence electrons. The van der Waals surface area contributed by atoms with Gasteiger partial charge in [-0.15, -0.1) is 0 Å². The Morgan fingerprint density at radius 2 is 1.97 bits per heavy atom. The summed E-state index contributed by atoms with van der Waals surface area (Å²) in [6.07, 6.45) is 6.53. The molecule has 1 aliphatic carbocycles. The maximum absolute atomic E-state index is 13.2. The summed E-state index contributed by atoms with van der Waals surface area (Å²) in [5, 5.41) is 7.62. The third-order valence-electron chi connectivity index (χ3n) is 6.92. The van der Waals surface area contributed by atoms with Gasteiger partial charge in [-0.05, 0) is 76.1 Å². The zero-order valence-corrected chi connectivity index (χ0v) is 17.7. The van der Waals surface area contributed by atoms with Crippen LogP contribution >= 0.6 is 0 Å². The topological polar surface area (TPSA) is 76.0 Å². The van der Waals surface area contributed by atoms with Gasteiger partial charge in [-0.2, -0.15) is 0 Å². The van der Waals surface area contributed by atoms with Crippen LogP contribution in [0.15, 0.2) is 23.1 Å². The summed E-state index contributed by atoms with van der Waals surface area (Å²) < 4.78 is 1.75. The molecular weight excluding hydrogens is 364 g/mol. The number of nitrogens with one attached hydrogen (secondary N) is 2. The van der Waals surface area contributed by atoms with Crippen LogP contribution < -0.4 is 16.2 Å². The number of fused-ring (bicyclic) bond motifs is 1. The average molecular weight is 397 g/mol. The molecule has 3 atom stereocenters. The van der Waals surface area contributed by atoms with Crippen molar-refractivity contribution in [3.05, 3.63) is 39.9 Å². The number of aryl methyl sites for hydroxylation is 2. The Labute approximate surface area is 172 Å². The van der Waals surface area contributed by atoms with Crippen LogP contribution in [0.4, 0.5) is 0 Å². The highest BCUT2D eigenvalue weighted by Crippen LogP contribution is 2.37. The molecule has 3 heterocycles. The Morgan fingerprint density at radius 3 is 2.72 bits per heavy atom. The lowest BCUT2D eigenvalue weighted by molar-refractivity contribution is -0.126. The molecule has 29 heavy (non-hydrogen) atoms. The first-order valence-corrected chi connectivity index (χ1v) is 10.9. The molecule has 0 radical (unpaired) electrons. The minimum Gasteiger partial charge on any atom is -0.353 e. The van der Waals surface area contributed by atoms with E-state index in [0.29, 0.717) is 5.92 Å². The van der Waals surface area contributed by atoms with Crippen LogP contribution in [-0.4, -0.2) is 34.6 Å². The van der Waals surface area contributed by atoms with Crippen LogP contribution in [0.2, 0.25) is 0 Å². The number of carbonyl (C=O) groups is 1. The van der Waals surface area contributed by atoms with Gasteiger partial charge in [-0.25, -0.2) is 0 Å². The van der Waals surface area contributed by atoms with Gasteiger partial charge in [0.2, 0.25) is 5.91 Å². The minimum atomic E-state index is 0.0743. The maximum atomic E-state index is 13.2. The fraction of sp³-hybridized carbons (Fsp3) is 0.609. The molecule has 1 saturated carbocycles. The molecule has 3 unspecified atom stereocenters. The van der Waals surface area contributed by atoms with E-state index in [1.807, 2.05) is 32.3 Å². The van der Waals surface area contributed by atoms with E-state index in [1.165, 1.54) is 0 Å². The maximum Gasteiger partial charge on any atom is 0.254 e. The van der Waals surface area contributed by atoms with E-state index in [9.17, 15) is 9.59 Å². The van der Waals surface area contributed by atoms with E-state index in [1.54, 1.807) is 4.57 Å². The number of carbonyl (C=O) groups excluding carboxylic acids is 1. The van der Waals surface area contributed by atoms with Gasteiger partial charge in [-0.3, -0.25) is 14.6 Å². The van der Waals surface area contributed by atoms with Crippen LogP contribution in [0.1, 0.15) is 56.2 Å². The number of pyridine rings is 2. The number of hydrogen-bond donors (Lipinski definition) is 2. The molecule has 0 aromatic carbocycles. The van der Waals surface area contributed by atoms with Crippen LogP contribution in [0.25, 0.3) is 10.9 Å². The van der Waals surface area contributed by atoms with Gasteiger partial charge in [-0.1, -0.05) is 6.92 Å². The fourth-order valence-electron chi connectivity index (χ4n) is 5.05. The normalized spacial score (nSPS) is 25.8. The lowest BCUT2D eigenvalue weighted by Gasteiger charge is -2.36. The largest absolute Gasteiger partial charge is 0.353 e. The summed E-state index contributed by atoms with van der Waals surface area (Å²) in [6.45, 7) is 6.01. The molecule has 2 aliphatic rings. The zero-order chi connectivity index (χ0) is 20.5. The van der Waals surface area contributed by atoms with Gasteiger partial charge in [0.1, 0.15) is 0 Å². The van der Waals surface area contributed by atoms with Crippen LogP contribution in [-0.2, 0) is 11.8 Å². The molecule has 1 aliphatic heterocycles. The quantitative estimate of drug-likeness (QED) is 0.836. The summed E-state index contributed by atoms with van der Waals surface area (Å²) in [5.74, 6) is 0.893. The summed E-state index contributed by atoms with van der Waals surface area (Å²) in [6, 6.07) is 4.14. The van der Waals surface area contributed by atoms with Crippen molar-refractivity contribution >= 4 is 16.8 Å². The predicted octanol–water partition coefficient (Wildman–Crippen LogP) is 2.63. The summed E-state index contributed by atoms with van der Waals surface area (Å²) in [5.41, 5.74) is 2.77. The molecule has 2 fully saturated rings. The van der Waals surface area contributed by atoms with E-state index < -0.39 is 0 Å². The van der Waals surface area contributed by atoms with Crippen LogP contribution in [0.5, 0.6) is 0 Å². The molecule has 1 saturated heterocycles. The third-order valence-corrected chi connectivity index (χ3v) is 6.92. The SMILES string of the molecule is Cc1cc2c(cn1)cc(C1CC(NC(=O)C3CCNCC3)CCC1C)c(=O)n2C. The Kier molecular flexibility index (Phi) is 5.72. The monoisotopic (exact) mass is 396 g/mol. The third kappa shape index (κ3) is 4.08. The summed E-state index contributed by atoms with van der Waals surface area (Å²) in [4.78, 5) is 30.3. The average Bonchev–Trinajstić information content (AvgIpc) is 2.73. The molecular formula is C23H32N4O2. The van der Waals surface area contributed by atoms with Crippen molar-refractivity contribution in [2.45, 2.75) is 57.9 Å². The van der Waals surface area contributed by atoms with Gasteiger partial charge in [0.15, 0.2) is 0 Å². The molecule has 0 bridgehead atoms. The fourth-order valence-corrected chi connectivity index (χ4v) is 5.05. The molecule has 6 heteroatoms. The lowest BCUT2D eigenvalue weighted by Crippen LogP contribution is -2.45. The van der Waals surface area contributed by atoms with Gasteiger partial charge in [0.05, 0.1) is 5.52 Å². The second kappa shape index (κ2) is 8.27. The van der Waals surface area contributed by atoms with Crippen molar-refractivity contribution < 1.29 is 4.79 Å². The van der Waals surface area contributed by atoms with Gasteiger partial charge < -0.3 is 15.2 Å². The van der Waals surface area contributed by atoms with Crippen molar-refractivity contribution in [3.63, 3.8) is 0 Å². The van der Waals surface area contributed by atoms with Gasteiger partial charge in [0.25, 0.3) is 5.56 Å². The van der Waals surface area contributed by atoms with E-state index >= 15 is 0 Å². The van der Waals surface area contributed by atoms with E-state index in [4.69, 9.17) is 0 Å². The number of rotatable bonds is 3. The molecule has 0 spiro atoms. The number of aromatic nitrogens is 2.